The number of aromatic nitrogens is 1. The molecule has 0 aromatic carbocycles. The van der Waals surface area contributed by atoms with Gasteiger partial charge in [-0.2, -0.15) is 0 Å². The van der Waals surface area contributed by atoms with Crippen LogP contribution in [0.1, 0.15) is 17.0 Å². The number of alkyl halides is 1. The van der Waals surface area contributed by atoms with Crippen LogP contribution in [-0.4, -0.2) is 53.2 Å². The summed E-state index contributed by atoms with van der Waals surface area (Å²) in [5.74, 6) is 0. The fraction of sp³-hybridized carbons (Fsp3) is 0.500. The van der Waals surface area contributed by atoms with Crippen molar-refractivity contribution in [2.24, 2.45) is 0 Å². The summed E-state index contributed by atoms with van der Waals surface area (Å²) >= 11 is 3.19. The van der Waals surface area contributed by atoms with Crippen molar-refractivity contribution in [3.8, 4) is 0 Å². The first-order chi connectivity index (χ1) is 11.6. The fourth-order valence-electron chi connectivity index (χ4n) is 2.93. The monoisotopic (exact) mass is 368 g/mol. The molecule has 2 atom stereocenters. The third-order valence-corrected chi connectivity index (χ3v) is 5.65. The van der Waals surface area contributed by atoms with E-state index in [9.17, 15) is 9.18 Å². The molecule has 1 aliphatic rings. The van der Waals surface area contributed by atoms with E-state index < -0.39 is 6.17 Å². The second kappa shape index (κ2) is 8.04. The molecule has 1 fully saturated rings. The number of nitrogens with zero attached hydrogens (tertiary/aromatic N) is 3. The van der Waals surface area contributed by atoms with Crippen LogP contribution < -0.4 is 5.32 Å². The van der Waals surface area contributed by atoms with Gasteiger partial charge < -0.3 is 10.2 Å². The average molecular weight is 369 g/mol. The Balaban J connectivity index is 1.51. The molecule has 3 rings (SSSR count). The third-order valence-electron chi connectivity index (χ3n) is 4.15. The Morgan fingerprint density at radius 3 is 3.17 bits per heavy atom. The van der Waals surface area contributed by atoms with Crippen LogP contribution >= 0.6 is 22.7 Å². The molecule has 0 aliphatic carbocycles. The lowest BCUT2D eigenvalue weighted by Crippen LogP contribution is -2.44. The zero-order valence-corrected chi connectivity index (χ0v) is 15.2. The Morgan fingerprint density at radius 2 is 2.46 bits per heavy atom. The molecule has 0 radical (unpaired) electrons. The van der Waals surface area contributed by atoms with Crippen molar-refractivity contribution in [1.82, 2.24) is 20.1 Å². The van der Waals surface area contributed by atoms with Gasteiger partial charge in [-0.3, -0.25) is 4.90 Å². The fourth-order valence-corrected chi connectivity index (χ4v) is 4.22. The molecule has 8 heteroatoms. The number of likely N-dealkylation sites (N-methyl/N-ethyl adjacent to an activating group) is 1. The van der Waals surface area contributed by atoms with Gasteiger partial charge in [0.25, 0.3) is 0 Å². The van der Waals surface area contributed by atoms with Crippen LogP contribution in [0.5, 0.6) is 0 Å². The summed E-state index contributed by atoms with van der Waals surface area (Å²) in [4.78, 5) is 21.4. The predicted octanol–water partition coefficient (Wildman–Crippen LogP) is 2.96. The number of likely N-dealkylation sites (tertiary alicyclic amines) is 1. The van der Waals surface area contributed by atoms with Crippen LogP contribution in [0.4, 0.5) is 9.18 Å². The number of thiazole rings is 1. The molecule has 1 aliphatic heterocycles. The largest absolute Gasteiger partial charge is 0.332 e. The quantitative estimate of drug-likeness (QED) is 0.853. The Morgan fingerprint density at radius 1 is 1.58 bits per heavy atom. The maximum Gasteiger partial charge on any atom is 0.317 e. The van der Waals surface area contributed by atoms with E-state index in [0.717, 1.165) is 12.2 Å². The number of hydrogen-bond acceptors (Lipinski definition) is 5. The lowest BCUT2D eigenvalue weighted by Gasteiger charge is -2.28. The minimum absolute atomic E-state index is 0.0529. The first kappa shape index (κ1) is 17.3. The van der Waals surface area contributed by atoms with Crippen molar-refractivity contribution in [2.45, 2.75) is 31.7 Å². The molecule has 2 aromatic heterocycles. The highest BCUT2D eigenvalue weighted by Crippen LogP contribution is 2.24. The molecular formula is C16H21FN4OS2. The van der Waals surface area contributed by atoms with Gasteiger partial charge in [0.15, 0.2) is 0 Å². The molecule has 5 nitrogen and oxygen atoms in total. The summed E-state index contributed by atoms with van der Waals surface area (Å²) in [7, 11) is 1.76. The number of carbonyl (C=O) groups is 1. The zero-order chi connectivity index (χ0) is 16.9. The number of halogens is 1. The number of rotatable bonds is 6. The average Bonchev–Trinajstić information content (AvgIpc) is 3.29. The summed E-state index contributed by atoms with van der Waals surface area (Å²) in [5, 5.41) is 6.79. The Hall–Kier alpha value is -1.51. The van der Waals surface area contributed by atoms with Crippen molar-refractivity contribution in [3.63, 3.8) is 0 Å². The number of thiophene rings is 1. The summed E-state index contributed by atoms with van der Waals surface area (Å²) in [6, 6.07) is 3.98. The number of carbonyl (C=O) groups excluding carboxylic acids is 1. The lowest BCUT2D eigenvalue weighted by molar-refractivity contribution is 0.175. The molecule has 0 spiro atoms. The number of nitrogens with one attached hydrogen (secondary N) is 1. The molecule has 0 saturated carbocycles. The van der Waals surface area contributed by atoms with Crippen LogP contribution in [0.15, 0.2) is 28.4 Å². The molecule has 0 unspecified atom stereocenters. The number of urea groups is 1. The highest BCUT2D eigenvalue weighted by Gasteiger charge is 2.33. The maximum atomic E-state index is 13.9. The Labute approximate surface area is 149 Å². The highest BCUT2D eigenvalue weighted by molar-refractivity contribution is 7.09. The van der Waals surface area contributed by atoms with Gasteiger partial charge in [-0.1, -0.05) is 6.07 Å². The first-order valence-corrected chi connectivity index (χ1v) is 9.70. The molecule has 3 heterocycles. The minimum atomic E-state index is -0.818. The van der Waals surface area contributed by atoms with E-state index in [2.05, 4.69) is 21.3 Å². The molecule has 2 amide bonds. The van der Waals surface area contributed by atoms with Gasteiger partial charge in [-0.15, -0.1) is 22.7 Å². The summed E-state index contributed by atoms with van der Waals surface area (Å²) in [6.45, 7) is 2.13. The second-order valence-corrected chi connectivity index (χ2v) is 7.77. The van der Waals surface area contributed by atoms with E-state index in [-0.39, 0.29) is 12.1 Å². The molecule has 1 N–H and O–H groups in total. The van der Waals surface area contributed by atoms with Gasteiger partial charge in [0, 0.05) is 43.0 Å². The van der Waals surface area contributed by atoms with Crippen LogP contribution in [0, 0.1) is 0 Å². The van der Waals surface area contributed by atoms with E-state index in [4.69, 9.17) is 0 Å². The van der Waals surface area contributed by atoms with Crippen molar-refractivity contribution in [2.75, 3.05) is 20.1 Å². The molecule has 24 heavy (non-hydrogen) atoms. The molecular weight excluding hydrogens is 347 g/mol. The van der Waals surface area contributed by atoms with E-state index >= 15 is 0 Å². The van der Waals surface area contributed by atoms with Crippen LogP contribution in [0.2, 0.25) is 0 Å². The first-order valence-electron chi connectivity index (χ1n) is 7.88. The summed E-state index contributed by atoms with van der Waals surface area (Å²) < 4.78 is 13.9. The van der Waals surface area contributed by atoms with Crippen molar-refractivity contribution < 1.29 is 9.18 Å². The van der Waals surface area contributed by atoms with Crippen LogP contribution in [-0.2, 0) is 13.1 Å². The highest BCUT2D eigenvalue weighted by atomic mass is 32.1. The SMILES string of the molecule is CN(C[C@@H]1C[C@H](F)CN1Cc1cccs1)C(=O)NCc1cscn1. The maximum absolute atomic E-state index is 13.9. The van der Waals surface area contributed by atoms with E-state index in [1.807, 2.05) is 16.8 Å². The summed E-state index contributed by atoms with van der Waals surface area (Å²) in [5.41, 5.74) is 2.60. The Bertz CT molecular complexity index is 635. The van der Waals surface area contributed by atoms with E-state index in [1.165, 1.54) is 16.2 Å². The third kappa shape index (κ3) is 4.52. The topological polar surface area (TPSA) is 48.5 Å². The molecule has 2 aromatic rings. The lowest BCUT2D eigenvalue weighted by atomic mass is 10.2. The smallest absolute Gasteiger partial charge is 0.317 e. The standard InChI is InChI=1S/C16H21FN4OS2/c1-20(16(22)18-6-13-10-23-11-19-13)8-14-5-12(17)7-21(14)9-15-3-2-4-24-15/h2-4,10-12,14H,5-9H2,1H3,(H,18,22)/t12-,14-/m0/s1. The predicted molar refractivity (Wildman–Crippen MR) is 95.0 cm³/mol. The summed E-state index contributed by atoms with van der Waals surface area (Å²) in [6.07, 6.45) is -0.337. The molecule has 130 valence electrons. The molecule has 0 bridgehead atoms. The van der Waals surface area contributed by atoms with E-state index in [1.54, 1.807) is 28.8 Å². The number of hydrogen-bond donors (Lipinski definition) is 1. The van der Waals surface area contributed by atoms with Crippen molar-refractivity contribution >= 4 is 28.7 Å². The van der Waals surface area contributed by atoms with Gasteiger partial charge in [0.2, 0.25) is 0 Å². The van der Waals surface area contributed by atoms with Gasteiger partial charge >= 0.3 is 6.03 Å². The van der Waals surface area contributed by atoms with Crippen LogP contribution in [0.3, 0.4) is 0 Å². The van der Waals surface area contributed by atoms with Crippen LogP contribution in [0.25, 0.3) is 0 Å². The zero-order valence-electron chi connectivity index (χ0n) is 13.5. The number of amides is 2. The van der Waals surface area contributed by atoms with Gasteiger partial charge in [-0.05, 0) is 17.9 Å². The minimum Gasteiger partial charge on any atom is -0.332 e. The van der Waals surface area contributed by atoms with Crippen molar-refractivity contribution in [1.29, 1.82) is 0 Å². The van der Waals surface area contributed by atoms with Gasteiger partial charge in [-0.25, -0.2) is 14.2 Å². The second-order valence-electron chi connectivity index (χ2n) is 6.01. The van der Waals surface area contributed by atoms with Crippen molar-refractivity contribution in [3.05, 3.63) is 39.0 Å². The van der Waals surface area contributed by atoms with E-state index in [0.29, 0.717) is 26.1 Å². The molecule has 1 saturated heterocycles. The Kier molecular flexibility index (Phi) is 5.80. The van der Waals surface area contributed by atoms with Gasteiger partial charge in [0.1, 0.15) is 6.17 Å². The van der Waals surface area contributed by atoms with Gasteiger partial charge in [0.05, 0.1) is 17.7 Å². The normalized spacial score (nSPS) is 21.1.